The number of likely N-dealkylation sites (tertiary alicyclic amines) is 1. The quantitative estimate of drug-likeness (QED) is 0.565. The summed E-state index contributed by atoms with van der Waals surface area (Å²) in [6, 6.07) is 0. The van der Waals surface area contributed by atoms with Gasteiger partial charge in [-0.25, -0.2) is 0 Å². The number of carbonyl (C=O) groups excluding carboxylic acids is 2. The number of nitrogens with zero attached hydrogens (tertiary/aromatic N) is 1. The van der Waals surface area contributed by atoms with E-state index in [4.69, 9.17) is 11.2 Å². The molecule has 0 aromatic rings. The van der Waals surface area contributed by atoms with Gasteiger partial charge < -0.3 is 9.64 Å². The summed E-state index contributed by atoms with van der Waals surface area (Å²) in [4.78, 5) is 25.7. The fourth-order valence-electron chi connectivity index (χ4n) is 2.23. The molecule has 0 radical (unpaired) electrons. The normalized spacial score (nSPS) is 23.9. The molecule has 100 valence electrons. The molecule has 18 heavy (non-hydrogen) atoms. The van der Waals surface area contributed by atoms with E-state index in [1.54, 1.807) is 32.7 Å². The molecule has 0 unspecified atom stereocenters. The largest absolute Gasteiger partial charge is 0.460 e. The standard InChI is InChI=1S/C14H21NO3/c1-6-7-14(8-9-15(5)12(14)17)10-11(16)18-13(2,3)4/h1H,7-10H2,2-5H3/t14-/m1/s1. The molecule has 0 aromatic heterocycles. The molecule has 0 aromatic carbocycles. The molecule has 1 amide bonds. The Morgan fingerprint density at radius 2 is 2.17 bits per heavy atom. The van der Waals surface area contributed by atoms with Crippen molar-refractivity contribution in [3.63, 3.8) is 0 Å². The lowest BCUT2D eigenvalue weighted by molar-refractivity contribution is -0.160. The van der Waals surface area contributed by atoms with E-state index in [2.05, 4.69) is 5.92 Å². The third-order valence-electron chi connectivity index (χ3n) is 3.07. The molecular weight excluding hydrogens is 230 g/mol. The Bertz CT molecular complexity index is 389. The number of hydrogen-bond donors (Lipinski definition) is 0. The molecule has 1 fully saturated rings. The average Bonchev–Trinajstić information content (AvgIpc) is 2.45. The van der Waals surface area contributed by atoms with Gasteiger partial charge in [-0.1, -0.05) is 0 Å². The lowest BCUT2D eigenvalue weighted by atomic mass is 9.80. The van der Waals surface area contributed by atoms with Crippen molar-refractivity contribution in [3.05, 3.63) is 0 Å². The molecule has 0 saturated carbocycles. The van der Waals surface area contributed by atoms with Crippen LogP contribution in [0.5, 0.6) is 0 Å². The summed E-state index contributed by atoms with van der Waals surface area (Å²) in [5, 5.41) is 0. The maximum Gasteiger partial charge on any atom is 0.307 e. The van der Waals surface area contributed by atoms with Crippen LogP contribution in [0.15, 0.2) is 0 Å². The zero-order valence-corrected chi connectivity index (χ0v) is 11.6. The number of ether oxygens (including phenoxy) is 1. The highest BCUT2D eigenvalue weighted by Gasteiger charge is 2.46. The molecule has 0 aliphatic carbocycles. The highest BCUT2D eigenvalue weighted by atomic mass is 16.6. The van der Waals surface area contributed by atoms with Crippen LogP contribution >= 0.6 is 0 Å². The van der Waals surface area contributed by atoms with Gasteiger partial charge in [0.15, 0.2) is 0 Å². The number of terminal acetylenes is 1. The van der Waals surface area contributed by atoms with Crippen LogP contribution in [-0.2, 0) is 14.3 Å². The van der Waals surface area contributed by atoms with Crippen LogP contribution in [0.25, 0.3) is 0 Å². The Kier molecular flexibility index (Phi) is 4.05. The summed E-state index contributed by atoms with van der Waals surface area (Å²) < 4.78 is 5.28. The average molecular weight is 251 g/mol. The molecule has 1 rings (SSSR count). The third-order valence-corrected chi connectivity index (χ3v) is 3.07. The van der Waals surface area contributed by atoms with Crippen LogP contribution in [0, 0.1) is 17.8 Å². The minimum atomic E-state index is -0.758. The summed E-state index contributed by atoms with van der Waals surface area (Å²) >= 11 is 0. The van der Waals surface area contributed by atoms with Gasteiger partial charge in [-0.05, 0) is 27.2 Å². The molecule has 1 saturated heterocycles. The highest BCUT2D eigenvalue weighted by Crippen LogP contribution is 2.38. The van der Waals surface area contributed by atoms with E-state index in [-0.39, 0.29) is 24.7 Å². The molecule has 0 spiro atoms. The Hall–Kier alpha value is -1.50. The fraction of sp³-hybridized carbons (Fsp3) is 0.714. The van der Waals surface area contributed by atoms with Crippen molar-refractivity contribution in [2.45, 2.75) is 45.6 Å². The van der Waals surface area contributed by atoms with Crippen LogP contribution in [0.2, 0.25) is 0 Å². The van der Waals surface area contributed by atoms with Gasteiger partial charge in [0.1, 0.15) is 5.60 Å². The minimum Gasteiger partial charge on any atom is -0.460 e. The van der Waals surface area contributed by atoms with Crippen molar-refractivity contribution >= 4 is 11.9 Å². The van der Waals surface area contributed by atoms with Crippen molar-refractivity contribution < 1.29 is 14.3 Å². The lowest BCUT2D eigenvalue weighted by Gasteiger charge is -2.26. The van der Waals surface area contributed by atoms with E-state index in [1.807, 2.05) is 0 Å². The topological polar surface area (TPSA) is 46.6 Å². The van der Waals surface area contributed by atoms with Crippen molar-refractivity contribution in [2.24, 2.45) is 5.41 Å². The Labute approximate surface area is 109 Å². The number of esters is 1. The summed E-state index contributed by atoms with van der Waals surface area (Å²) in [6.45, 7) is 6.06. The number of hydrogen-bond acceptors (Lipinski definition) is 3. The summed E-state index contributed by atoms with van der Waals surface area (Å²) in [5.74, 6) is 2.10. The second kappa shape index (κ2) is 5.01. The first kappa shape index (κ1) is 14.6. The van der Waals surface area contributed by atoms with Crippen LogP contribution in [0.4, 0.5) is 0 Å². The van der Waals surface area contributed by atoms with Crippen molar-refractivity contribution in [3.8, 4) is 12.3 Å². The molecular formula is C14H21NO3. The van der Waals surface area contributed by atoms with E-state index in [0.717, 1.165) is 0 Å². The molecule has 0 N–H and O–H groups in total. The molecule has 0 bridgehead atoms. The zero-order valence-electron chi connectivity index (χ0n) is 11.6. The molecule has 4 heteroatoms. The van der Waals surface area contributed by atoms with E-state index < -0.39 is 11.0 Å². The summed E-state index contributed by atoms with van der Waals surface area (Å²) in [5.41, 5.74) is -1.30. The summed E-state index contributed by atoms with van der Waals surface area (Å²) in [7, 11) is 1.73. The molecule has 1 heterocycles. The van der Waals surface area contributed by atoms with Crippen LogP contribution in [0.3, 0.4) is 0 Å². The van der Waals surface area contributed by atoms with Crippen LogP contribution < -0.4 is 0 Å². The van der Waals surface area contributed by atoms with Gasteiger partial charge in [0.2, 0.25) is 5.91 Å². The van der Waals surface area contributed by atoms with Gasteiger partial charge in [0.25, 0.3) is 0 Å². The SMILES string of the molecule is C#CC[C@]1(CC(=O)OC(C)(C)C)CCN(C)C1=O. The second-order valence-corrected chi connectivity index (χ2v) is 5.90. The van der Waals surface area contributed by atoms with Gasteiger partial charge in [0.05, 0.1) is 11.8 Å². The second-order valence-electron chi connectivity index (χ2n) is 5.90. The smallest absolute Gasteiger partial charge is 0.307 e. The van der Waals surface area contributed by atoms with Crippen molar-refractivity contribution in [2.75, 3.05) is 13.6 Å². The maximum absolute atomic E-state index is 12.1. The first-order chi connectivity index (χ1) is 8.20. The zero-order chi connectivity index (χ0) is 14.0. The van der Waals surface area contributed by atoms with Gasteiger partial charge in [-0.15, -0.1) is 12.3 Å². The van der Waals surface area contributed by atoms with Gasteiger partial charge in [-0.2, -0.15) is 0 Å². The monoisotopic (exact) mass is 251 g/mol. The maximum atomic E-state index is 12.1. The van der Waals surface area contributed by atoms with Crippen molar-refractivity contribution in [1.29, 1.82) is 0 Å². The first-order valence-electron chi connectivity index (χ1n) is 6.11. The van der Waals surface area contributed by atoms with Gasteiger partial charge in [-0.3, -0.25) is 9.59 Å². The highest BCUT2D eigenvalue weighted by molar-refractivity contribution is 5.89. The predicted octanol–water partition coefficient (Wildman–Crippen LogP) is 1.59. The number of carbonyl (C=O) groups is 2. The summed E-state index contributed by atoms with van der Waals surface area (Å²) in [6.07, 6.45) is 6.30. The fourth-order valence-corrected chi connectivity index (χ4v) is 2.23. The molecule has 4 nitrogen and oxygen atoms in total. The van der Waals surface area contributed by atoms with E-state index in [9.17, 15) is 9.59 Å². The third kappa shape index (κ3) is 3.25. The van der Waals surface area contributed by atoms with E-state index in [0.29, 0.717) is 13.0 Å². The molecule has 1 aliphatic rings. The number of rotatable bonds is 3. The predicted molar refractivity (Wildman–Crippen MR) is 68.6 cm³/mol. The van der Waals surface area contributed by atoms with Gasteiger partial charge >= 0.3 is 5.97 Å². The van der Waals surface area contributed by atoms with Crippen molar-refractivity contribution in [1.82, 2.24) is 4.90 Å². The van der Waals surface area contributed by atoms with Crippen LogP contribution in [-0.4, -0.2) is 36.0 Å². The Morgan fingerprint density at radius 3 is 2.56 bits per heavy atom. The van der Waals surface area contributed by atoms with E-state index >= 15 is 0 Å². The number of amides is 1. The Morgan fingerprint density at radius 1 is 1.56 bits per heavy atom. The molecule has 1 atom stereocenters. The Balaban J connectivity index is 2.80. The van der Waals surface area contributed by atoms with E-state index in [1.165, 1.54) is 0 Å². The van der Waals surface area contributed by atoms with Gasteiger partial charge in [0, 0.05) is 20.0 Å². The molecule has 1 aliphatic heterocycles. The first-order valence-corrected chi connectivity index (χ1v) is 6.11. The van der Waals surface area contributed by atoms with Crippen LogP contribution in [0.1, 0.15) is 40.0 Å². The minimum absolute atomic E-state index is 0.0497. The lowest BCUT2D eigenvalue weighted by Crippen LogP contribution is -2.36.